The number of aryl methyl sites for hydroxylation is 1. The number of furan rings is 1. The summed E-state index contributed by atoms with van der Waals surface area (Å²) in [6.45, 7) is 2.46. The predicted octanol–water partition coefficient (Wildman–Crippen LogP) is 5.57. The number of para-hydroxylation sites is 2. The first kappa shape index (κ1) is 18.1. The smallest absolute Gasteiger partial charge is 0.224 e. The van der Waals surface area contributed by atoms with Gasteiger partial charge < -0.3 is 14.5 Å². The molecule has 0 aliphatic heterocycles. The lowest BCUT2D eigenvalue weighted by Gasteiger charge is -2.10. The first-order valence-electron chi connectivity index (χ1n) is 8.52. The molecule has 134 valence electrons. The second-order valence-corrected chi connectivity index (χ2v) is 6.19. The van der Waals surface area contributed by atoms with E-state index in [0.29, 0.717) is 35.9 Å². The minimum atomic E-state index is -0.0819. The van der Waals surface area contributed by atoms with Gasteiger partial charge in [-0.25, -0.2) is 0 Å². The predicted molar refractivity (Wildman–Crippen MR) is 104 cm³/mol. The summed E-state index contributed by atoms with van der Waals surface area (Å²) in [6, 6.07) is 18.7. The summed E-state index contributed by atoms with van der Waals surface area (Å²) in [4.78, 5) is 12.2. The number of ether oxygens (including phenoxy) is 1. The van der Waals surface area contributed by atoms with E-state index in [1.807, 2.05) is 67.6 Å². The third-order valence-electron chi connectivity index (χ3n) is 3.85. The second-order valence-electron chi connectivity index (χ2n) is 5.75. The van der Waals surface area contributed by atoms with Crippen LogP contribution >= 0.6 is 11.6 Å². The lowest BCUT2D eigenvalue weighted by Crippen LogP contribution is -2.13. The Labute approximate surface area is 157 Å². The van der Waals surface area contributed by atoms with Crippen LogP contribution in [0.1, 0.15) is 19.1 Å². The monoisotopic (exact) mass is 369 g/mol. The van der Waals surface area contributed by atoms with Crippen LogP contribution in [-0.4, -0.2) is 12.5 Å². The Bertz CT molecular complexity index is 871. The minimum absolute atomic E-state index is 0.0819. The lowest BCUT2D eigenvalue weighted by atomic mass is 10.2. The van der Waals surface area contributed by atoms with Gasteiger partial charge in [0.1, 0.15) is 17.3 Å². The van der Waals surface area contributed by atoms with Crippen molar-refractivity contribution in [1.29, 1.82) is 0 Å². The molecule has 0 unspecified atom stereocenters. The highest BCUT2D eigenvalue weighted by Gasteiger charge is 2.10. The fourth-order valence-electron chi connectivity index (χ4n) is 2.58. The normalized spacial score (nSPS) is 10.5. The zero-order chi connectivity index (χ0) is 18.4. The van der Waals surface area contributed by atoms with Crippen LogP contribution in [-0.2, 0) is 11.2 Å². The Morgan fingerprint density at radius 1 is 1.08 bits per heavy atom. The van der Waals surface area contributed by atoms with Gasteiger partial charge in [0.15, 0.2) is 0 Å². The van der Waals surface area contributed by atoms with Crippen LogP contribution in [0.2, 0.25) is 5.02 Å². The number of hydrogen-bond acceptors (Lipinski definition) is 3. The fourth-order valence-corrected chi connectivity index (χ4v) is 2.71. The third kappa shape index (κ3) is 4.67. The van der Waals surface area contributed by atoms with Crippen molar-refractivity contribution in [2.75, 3.05) is 11.9 Å². The summed E-state index contributed by atoms with van der Waals surface area (Å²) >= 11 is 5.90. The van der Waals surface area contributed by atoms with Gasteiger partial charge in [-0.15, -0.1) is 0 Å². The van der Waals surface area contributed by atoms with Gasteiger partial charge in [0.25, 0.3) is 0 Å². The maximum Gasteiger partial charge on any atom is 0.224 e. The van der Waals surface area contributed by atoms with Crippen LogP contribution in [0.3, 0.4) is 0 Å². The van der Waals surface area contributed by atoms with Crippen LogP contribution in [0.4, 0.5) is 5.69 Å². The first-order chi connectivity index (χ1) is 12.7. The number of benzene rings is 2. The highest BCUT2D eigenvalue weighted by molar-refractivity contribution is 6.30. The average Bonchev–Trinajstić information content (AvgIpc) is 3.11. The maximum atomic E-state index is 12.2. The van der Waals surface area contributed by atoms with Crippen molar-refractivity contribution in [1.82, 2.24) is 0 Å². The van der Waals surface area contributed by atoms with E-state index in [1.54, 1.807) is 0 Å². The lowest BCUT2D eigenvalue weighted by molar-refractivity contribution is -0.116. The molecule has 1 heterocycles. The van der Waals surface area contributed by atoms with E-state index >= 15 is 0 Å². The number of carbonyl (C=O) groups is 1. The van der Waals surface area contributed by atoms with Gasteiger partial charge in [-0.3, -0.25) is 4.79 Å². The van der Waals surface area contributed by atoms with Crippen molar-refractivity contribution in [3.63, 3.8) is 0 Å². The molecule has 0 atom stereocenters. The van der Waals surface area contributed by atoms with Crippen molar-refractivity contribution in [2.45, 2.75) is 19.8 Å². The summed E-state index contributed by atoms with van der Waals surface area (Å²) in [7, 11) is 0. The molecular formula is C21H20ClNO3. The van der Waals surface area contributed by atoms with Crippen molar-refractivity contribution >= 4 is 23.2 Å². The Morgan fingerprint density at radius 2 is 1.85 bits per heavy atom. The molecule has 0 saturated carbocycles. The van der Waals surface area contributed by atoms with E-state index < -0.39 is 0 Å². The Kier molecular flexibility index (Phi) is 5.97. The van der Waals surface area contributed by atoms with E-state index in [2.05, 4.69) is 5.32 Å². The number of nitrogens with one attached hydrogen (secondary N) is 1. The Morgan fingerprint density at radius 3 is 2.62 bits per heavy atom. The van der Waals surface area contributed by atoms with Crippen molar-refractivity contribution < 1.29 is 13.9 Å². The molecule has 26 heavy (non-hydrogen) atoms. The number of hydrogen-bond donors (Lipinski definition) is 1. The van der Waals surface area contributed by atoms with Crippen molar-refractivity contribution in [3.8, 4) is 17.1 Å². The van der Waals surface area contributed by atoms with Crippen molar-refractivity contribution in [2.24, 2.45) is 0 Å². The molecule has 0 aliphatic rings. The molecule has 3 rings (SSSR count). The van der Waals surface area contributed by atoms with Gasteiger partial charge >= 0.3 is 0 Å². The van der Waals surface area contributed by atoms with Crippen LogP contribution in [0.5, 0.6) is 5.75 Å². The highest BCUT2D eigenvalue weighted by atomic mass is 35.5. The van der Waals surface area contributed by atoms with E-state index in [4.69, 9.17) is 20.8 Å². The summed E-state index contributed by atoms with van der Waals surface area (Å²) in [5.74, 6) is 2.12. The number of halogens is 1. The van der Waals surface area contributed by atoms with Crippen molar-refractivity contribution in [3.05, 3.63) is 71.4 Å². The third-order valence-corrected chi connectivity index (χ3v) is 4.10. The summed E-state index contributed by atoms with van der Waals surface area (Å²) in [5, 5.41) is 3.57. The number of rotatable bonds is 7. The van der Waals surface area contributed by atoms with Gasteiger partial charge in [0.05, 0.1) is 12.3 Å². The number of carbonyl (C=O) groups excluding carboxylic acids is 1. The van der Waals surface area contributed by atoms with Crippen LogP contribution in [0, 0.1) is 0 Å². The fraction of sp³-hybridized carbons (Fsp3) is 0.190. The molecule has 1 amide bonds. The molecular weight excluding hydrogens is 350 g/mol. The number of anilines is 1. The van der Waals surface area contributed by atoms with E-state index in [0.717, 1.165) is 17.1 Å². The van der Waals surface area contributed by atoms with Gasteiger partial charge in [-0.05, 0) is 55.5 Å². The Hall–Kier alpha value is -2.72. The molecule has 3 aromatic rings. The summed E-state index contributed by atoms with van der Waals surface area (Å²) in [5.41, 5.74) is 1.64. The zero-order valence-corrected chi connectivity index (χ0v) is 15.3. The van der Waals surface area contributed by atoms with Gasteiger partial charge in [-0.1, -0.05) is 23.7 Å². The van der Waals surface area contributed by atoms with E-state index in [1.165, 1.54) is 0 Å². The largest absolute Gasteiger partial charge is 0.492 e. The summed E-state index contributed by atoms with van der Waals surface area (Å²) in [6.07, 6.45) is 0.851. The second kappa shape index (κ2) is 8.59. The molecule has 0 fully saturated rings. The SMILES string of the molecule is CCOc1ccccc1NC(=O)CCc1ccc(-c2ccc(Cl)cc2)o1. The molecule has 0 spiro atoms. The number of amides is 1. The maximum absolute atomic E-state index is 12.2. The Balaban J connectivity index is 1.58. The van der Waals surface area contributed by atoms with Gasteiger partial charge in [0, 0.05) is 23.4 Å². The molecule has 4 nitrogen and oxygen atoms in total. The van der Waals surface area contributed by atoms with Crippen LogP contribution in [0.25, 0.3) is 11.3 Å². The zero-order valence-electron chi connectivity index (χ0n) is 14.5. The quantitative estimate of drug-likeness (QED) is 0.592. The average molecular weight is 370 g/mol. The first-order valence-corrected chi connectivity index (χ1v) is 8.90. The molecule has 0 saturated heterocycles. The highest BCUT2D eigenvalue weighted by Crippen LogP contribution is 2.26. The molecule has 1 N–H and O–H groups in total. The van der Waals surface area contributed by atoms with Gasteiger partial charge in [-0.2, -0.15) is 0 Å². The molecule has 0 aliphatic carbocycles. The van der Waals surface area contributed by atoms with E-state index in [9.17, 15) is 4.79 Å². The standard InChI is InChI=1S/C21H20ClNO3/c1-2-25-20-6-4-3-5-18(20)23-21(24)14-12-17-11-13-19(26-17)15-7-9-16(22)10-8-15/h3-11,13H,2,12,14H2,1H3,(H,23,24). The molecule has 2 aromatic carbocycles. The van der Waals surface area contributed by atoms with E-state index in [-0.39, 0.29) is 5.91 Å². The molecule has 0 bridgehead atoms. The molecule has 0 radical (unpaired) electrons. The topological polar surface area (TPSA) is 51.5 Å². The molecule has 5 heteroatoms. The molecule has 1 aromatic heterocycles. The van der Waals surface area contributed by atoms with Gasteiger partial charge in [0.2, 0.25) is 5.91 Å². The van der Waals surface area contributed by atoms with Crippen LogP contribution in [0.15, 0.2) is 65.1 Å². The summed E-state index contributed by atoms with van der Waals surface area (Å²) < 4.78 is 11.3. The minimum Gasteiger partial charge on any atom is -0.492 e. The van der Waals surface area contributed by atoms with Crippen LogP contribution < -0.4 is 10.1 Å².